The molecule has 1 atom stereocenters. The second-order valence-corrected chi connectivity index (χ2v) is 5.02. The van der Waals surface area contributed by atoms with Gasteiger partial charge in [0.1, 0.15) is 5.75 Å². The van der Waals surface area contributed by atoms with Gasteiger partial charge in [-0.15, -0.1) is 0 Å². The minimum absolute atomic E-state index is 0.591. The van der Waals surface area contributed by atoms with E-state index in [1.807, 2.05) is 12.1 Å². The van der Waals surface area contributed by atoms with Crippen molar-refractivity contribution in [2.45, 2.75) is 39.0 Å². The molecule has 17 heavy (non-hydrogen) atoms. The van der Waals surface area contributed by atoms with Gasteiger partial charge in [-0.3, -0.25) is 0 Å². The van der Waals surface area contributed by atoms with E-state index in [0.717, 1.165) is 24.6 Å². The lowest BCUT2D eigenvalue weighted by atomic mass is 9.89. The van der Waals surface area contributed by atoms with Crippen LogP contribution in [-0.4, -0.2) is 13.7 Å². The van der Waals surface area contributed by atoms with Crippen molar-refractivity contribution in [3.8, 4) is 5.75 Å². The quantitative estimate of drug-likeness (QED) is 0.784. The summed E-state index contributed by atoms with van der Waals surface area (Å²) >= 11 is 0. The Morgan fingerprint density at radius 3 is 2.18 bits per heavy atom. The summed E-state index contributed by atoms with van der Waals surface area (Å²) in [6.07, 6.45) is 3.55. The summed E-state index contributed by atoms with van der Waals surface area (Å²) in [6, 6.07) is 8.40. The Morgan fingerprint density at radius 2 is 1.71 bits per heavy atom. The molecular weight excluding hydrogens is 210 g/mol. The molecule has 0 fully saturated rings. The summed E-state index contributed by atoms with van der Waals surface area (Å²) in [5.41, 5.74) is 7.09. The third-order valence-electron chi connectivity index (χ3n) is 3.19. The lowest BCUT2D eigenvalue weighted by molar-refractivity contribution is 0.414. The van der Waals surface area contributed by atoms with Crippen LogP contribution < -0.4 is 10.5 Å². The fraction of sp³-hybridized carbons (Fsp3) is 0.600. The Kier molecular flexibility index (Phi) is 6.06. The zero-order chi connectivity index (χ0) is 12.7. The van der Waals surface area contributed by atoms with E-state index in [9.17, 15) is 0 Å². The van der Waals surface area contributed by atoms with Crippen molar-refractivity contribution < 1.29 is 4.74 Å². The van der Waals surface area contributed by atoms with Crippen molar-refractivity contribution in [1.29, 1.82) is 0 Å². The summed E-state index contributed by atoms with van der Waals surface area (Å²) in [5.74, 6) is 2.27. The van der Waals surface area contributed by atoms with E-state index < -0.39 is 0 Å². The zero-order valence-electron chi connectivity index (χ0n) is 11.3. The Balaban J connectivity index is 2.67. The van der Waals surface area contributed by atoms with E-state index in [1.165, 1.54) is 18.4 Å². The lowest BCUT2D eigenvalue weighted by Gasteiger charge is -2.18. The minimum atomic E-state index is 0.591. The van der Waals surface area contributed by atoms with Gasteiger partial charge in [0, 0.05) is 0 Å². The SMILES string of the molecule is COc1ccc([C@H](CCN)CCC(C)C)cc1. The van der Waals surface area contributed by atoms with Crippen LogP contribution in [0.15, 0.2) is 24.3 Å². The summed E-state index contributed by atoms with van der Waals surface area (Å²) < 4.78 is 5.18. The highest BCUT2D eigenvalue weighted by Crippen LogP contribution is 2.27. The maximum atomic E-state index is 5.70. The maximum Gasteiger partial charge on any atom is 0.118 e. The number of rotatable bonds is 7. The van der Waals surface area contributed by atoms with E-state index in [1.54, 1.807) is 7.11 Å². The highest BCUT2D eigenvalue weighted by atomic mass is 16.5. The van der Waals surface area contributed by atoms with Crippen LogP contribution in [-0.2, 0) is 0 Å². The van der Waals surface area contributed by atoms with Crippen LogP contribution in [0.2, 0.25) is 0 Å². The standard InChI is InChI=1S/C15H25NO/c1-12(2)4-5-14(10-11-16)13-6-8-15(17-3)9-7-13/h6-9,12,14H,4-5,10-11,16H2,1-3H3/t14-/m0/s1. The fourth-order valence-electron chi connectivity index (χ4n) is 2.09. The molecule has 0 saturated carbocycles. The number of nitrogens with two attached hydrogens (primary N) is 1. The maximum absolute atomic E-state index is 5.70. The molecule has 2 N–H and O–H groups in total. The van der Waals surface area contributed by atoms with Crippen LogP contribution >= 0.6 is 0 Å². The highest BCUT2D eigenvalue weighted by Gasteiger charge is 2.11. The second kappa shape index (κ2) is 7.33. The van der Waals surface area contributed by atoms with Crippen LogP contribution in [0.5, 0.6) is 5.75 Å². The Bertz CT molecular complexity index is 305. The van der Waals surface area contributed by atoms with E-state index in [-0.39, 0.29) is 0 Å². The van der Waals surface area contributed by atoms with E-state index in [2.05, 4.69) is 26.0 Å². The molecule has 0 heterocycles. The van der Waals surface area contributed by atoms with Gasteiger partial charge in [0.05, 0.1) is 7.11 Å². The third kappa shape index (κ3) is 4.78. The summed E-state index contributed by atoms with van der Waals surface area (Å²) in [6.45, 7) is 5.30. The molecule has 0 amide bonds. The predicted molar refractivity (Wildman–Crippen MR) is 73.5 cm³/mol. The highest BCUT2D eigenvalue weighted by molar-refractivity contribution is 5.29. The largest absolute Gasteiger partial charge is 0.497 e. The van der Waals surface area contributed by atoms with Gasteiger partial charge >= 0.3 is 0 Å². The van der Waals surface area contributed by atoms with Crippen molar-refractivity contribution in [2.75, 3.05) is 13.7 Å². The molecule has 0 saturated heterocycles. The molecule has 1 rings (SSSR count). The summed E-state index contributed by atoms with van der Waals surface area (Å²) in [5, 5.41) is 0. The van der Waals surface area contributed by atoms with Crippen molar-refractivity contribution in [3.63, 3.8) is 0 Å². The van der Waals surface area contributed by atoms with Gasteiger partial charge in [-0.05, 0) is 48.9 Å². The van der Waals surface area contributed by atoms with E-state index >= 15 is 0 Å². The number of methoxy groups -OCH3 is 1. The zero-order valence-corrected chi connectivity index (χ0v) is 11.3. The first-order chi connectivity index (χ1) is 8.17. The molecule has 0 aliphatic carbocycles. The van der Waals surface area contributed by atoms with Gasteiger partial charge in [-0.25, -0.2) is 0 Å². The van der Waals surface area contributed by atoms with Crippen molar-refractivity contribution in [3.05, 3.63) is 29.8 Å². The van der Waals surface area contributed by atoms with E-state index in [0.29, 0.717) is 5.92 Å². The molecule has 0 bridgehead atoms. The van der Waals surface area contributed by atoms with Gasteiger partial charge in [-0.2, -0.15) is 0 Å². The van der Waals surface area contributed by atoms with Gasteiger partial charge in [0.2, 0.25) is 0 Å². The van der Waals surface area contributed by atoms with Crippen molar-refractivity contribution >= 4 is 0 Å². The first kappa shape index (κ1) is 14.0. The third-order valence-corrected chi connectivity index (χ3v) is 3.19. The molecule has 0 aliphatic heterocycles. The van der Waals surface area contributed by atoms with Gasteiger partial charge in [0.25, 0.3) is 0 Å². The summed E-state index contributed by atoms with van der Waals surface area (Å²) in [4.78, 5) is 0. The molecule has 96 valence electrons. The van der Waals surface area contributed by atoms with Crippen LogP contribution in [0.25, 0.3) is 0 Å². The minimum Gasteiger partial charge on any atom is -0.497 e. The second-order valence-electron chi connectivity index (χ2n) is 5.02. The van der Waals surface area contributed by atoms with Crippen molar-refractivity contribution in [1.82, 2.24) is 0 Å². The van der Waals surface area contributed by atoms with Crippen LogP contribution in [0.1, 0.15) is 44.6 Å². The molecular formula is C15H25NO. The average Bonchev–Trinajstić information content (AvgIpc) is 2.34. The average molecular weight is 235 g/mol. The normalized spacial score (nSPS) is 12.8. The Hall–Kier alpha value is -1.02. The lowest BCUT2D eigenvalue weighted by Crippen LogP contribution is -2.08. The number of ether oxygens (including phenoxy) is 1. The molecule has 0 aromatic heterocycles. The molecule has 1 aromatic rings. The number of hydrogen-bond donors (Lipinski definition) is 1. The molecule has 1 aromatic carbocycles. The van der Waals surface area contributed by atoms with E-state index in [4.69, 9.17) is 10.5 Å². The Morgan fingerprint density at radius 1 is 1.06 bits per heavy atom. The smallest absolute Gasteiger partial charge is 0.118 e. The van der Waals surface area contributed by atoms with Crippen LogP contribution in [0.3, 0.4) is 0 Å². The topological polar surface area (TPSA) is 35.2 Å². The molecule has 2 heteroatoms. The molecule has 0 radical (unpaired) electrons. The molecule has 0 unspecified atom stereocenters. The fourth-order valence-corrected chi connectivity index (χ4v) is 2.09. The molecule has 2 nitrogen and oxygen atoms in total. The van der Waals surface area contributed by atoms with Gasteiger partial charge < -0.3 is 10.5 Å². The monoisotopic (exact) mass is 235 g/mol. The molecule has 0 aliphatic rings. The predicted octanol–water partition coefficient (Wildman–Crippen LogP) is 3.56. The Labute approximate surface area is 105 Å². The van der Waals surface area contributed by atoms with Crippen LogP contribution in [0.4, 0.5) is 0 Å². The number of benzene rings is 1. The molecule has 0 spiro atoms. The van der Waals surface area contributed by atoms with Gasteiger partial charge in [-0.1, -0.05) is 32.4 Å². The van der Waals surface area contributed by atoms with Gasteiger partial charge in [0.15, 0.2) is 0 Å². The summed E-state index contributed by atoms with van der Waals surface area (Å²) in [7, 11) is 1.70. The number of hydrogen-bond acceptors (Lipinski definition) is 2. The first-order valence-electron chi connectivity index (χ1n) is 6.51. The van der Waals surface area contributed by atoms with Crippen molar-refractivity contribution in [2.24, 2.45) is 11.7 Å². The van der Waals surface area contributed by atoms with Crippen LogP contribution in [0, 0.1) is 5.92 Å². The first-order valence-corrected chi connectivity index (χ1v) is 6.51.